The maximum absolute atomic E-state index is 4.34. The molecule has 95 heavy (non-hydrogen) atoms. The summed E-state index contributed by atoms with van der Waals surface area (Å²) in [4.78, 5) is 5.24. The molecule has 5 aromatic carbocycles. The predicted octanol–water partition coefficient (Wildman–Crippen LogP) is 29.5. The van der Waals surface area contributed by atoms with Crippen molar-refractivity contribution in [2.24, 2.45) is 29.6 Å². The molecule has 0 amide bonds. The molecule has 0 bridgehead atoms. The van der Waals surface area contributed by atoms with Crippen LogP contribution in [0.25, 0.3) is 27.9 Å². The summed E-state index contributed by atoms with van der Waals surface area (Å²) in [6.07, 6.45) is 59.7. The molecule has 5 aliphatic rings. The number of halogens is 5. The van der Waals surface area contributed by atoms with Crippen molar-refractivity contribution >= 4 is 91.0 Å². The summed E-state index contributed by atoms with van der Waals surface area (Å²) in [5.41, 5.74) is 14.6. The molecule has 0 nitrogen and oxygen atoms in total. The van der Waals surface area contributed by atoms with Gasteiger partial charge in [0.1, 0.15) is 0 Å². The maximum Gasteiger partial charge on any atom is 0.00403 e. The Hall–Kier alpha value is -3.80. The standard InChI is InChI=1S/5C17H24S.5FH/c5*1-2-3-4-5-14-6-8-15(9-7-14)16-10-12-17(18)13-11-16;;;;;/h5*8,10-14,18H,2-7,9H2,1H3;5*1H. The van der Waals surface area contributed by atoms with Crippen LogP contribution in [0.2, 0.25) is 0 Å². The summed E-state index contributed by atoms with van der Waals surface area (Å²) in [7, 11) is 0. The van der Waals surface area contributed by atoms with Crippen LogP contribution in [0, 0.1) is 29.6 Å². The Morgan fingerprint density at radius 1 is 0.232 bits per heavy atom. The first-order chi connectivity index (χ1) is 44.0. The lowest BCUT2D eigenvalue weighted by Crippen LogP contribution is -2.05. The van der Waals surface area contributed by atoms with Gasteiger partial charge in [-0.05, 0) is 242 Å². The summed E-state index contributed by atoms with van der Waals surface area (Å²) in [5.74, 6) is 4.67. The molecular weight excluding hydrogens is 1280 g/mol. The first-order valence-electron chi connectivity index (χ1n) is 36.4. The van der Waals surface area contributed by atoms with Crippen molar-refractivity contribution in [2.45, 2.75) is 284 Å². The minimum atomic E-state index is 0. The van der Waals surface area contributed by atoms with Crippen LogP contribution in [0.15, 0.2) is 176 Å². The molecule has 5 unspecified atom stereocenters. The topological polar surface area (TPSA) is 0 Å². The van der Waals surface area contributed by atoms with Gasteiger partial charge in [0.15, 0.2) is 0 Å². The first-order valence-corrected chi connectivity index (χ1v) is 38.6. The van der Waals surface area contributed by atoms with E-state index in [1.165, 1.54) is 280 Å². The van der Waals surface area contributed by atoms with E-state index in [9.17, 15) is 0 Å². The molecule has 0 saturated carbocycles. The van der Waals surface area contributed by atoms with Crippen LogP contribution in [0.3, 0.4) is 0 Å². The highest BCUT2D eigenvalue weighted by molar-refractivity contribution is 7.81. The van der Waals surface area contributed by atoms with Gasteiger partial charge in [0, 0.05) is 24.5 Å². The number of allylic oxidation sites excluding steroid dienone is 10. The summed E-state index contributed by atoms with van der Waals surface area (Å²) >= 11 is 21.7. The van der Waals surface area contributed by atoms with Crippen molar-refractivity contribution in [2.75, 3.05) is 0 Å². The summed E-state index contributed by atoms with van der Waals surface area (Å²) in [6.45, 7) is 11.4. The van der Waals surface area contributed by atoms with Gasteiger partial charge in [-0.2, -0.15) is 0 Å². The quantitative estimate of drug-likeness (QED) is 0.0215. The van der Waals surface area contributed by atoms with E-state index in [2.05, 4.69) is 249 Å². The largest absolute Gasteiger partial charge is 0.269 e. The molecule has 0 fully saturated rings. The van der Waals surface area contributed by atoms with E-state index in [0.29, 0.717) is 0 Å². The molecule has 0 saturated heterocycles. The van der Waals surface area contributed by atoms with Gasteiger partial charge in [-0.25, -0.2) is 0 Å². The van der Waals surface area contributed by atoms with Gasteiger partial charge in [0.25, 0.3) is 0 Å². The average molecular weight is 1400 g/mol. The van der Waals surface area contributed by atoms with Crippen LogP contribution in [0.1, 0.15) is 287 Å². The second-order valence-corrected chi connectivity index (χ2v) is 29.6. The molecule has 0 N–H and O–H groups in total. The van der Waals surface area contributed by atoms with E-state index < -0.39 is 0 Å². The van der Waals surface area contributed by atoms with Crippen LogP contribution in [-0.2, 0) is 0 Å². The number of hydrogen-bond donors (Lipinski definition) is 5. The Morgan fingerprint density at radius 3 is 0.495 bits per heavy atom. The monoisotopic (exact) mass is 1400 g/mol. The van der Waals surface area contributed by atoms with Crippen molar-refractivity contribution in [3.8, 4) is 0 Å². The van der Waals surface area contributed by atoms with Gasteiger partial charge in [-0.1, -0.05) is 254 Å². The van der Waals surface area contributed by atoms with Crippen molar-refractivity contribution in [1.29, 1.82) is 0 Å². The lowest BCUT2D eigenvalue weighted by atomic mass is 9.84. The Morgan fingerprint density at radius 2 is 0.379 bits per heavy atom. The molecule has 0 aromatic heterocycles. The maximum atomic E-state index is 4.34. The summed E-state index contributed by atoms with van der Waals surface area (Å²) < 4.78 is 0. The average Bonchev–Trinajstić information content (AvgIpc) is 1.30. The zero-order valence-corrected chi connectivity index (χ0v) is 63.3. The van der Waals surface area contributed by atoms with Gasteiger partial charge in [0.2, 0.25) is 0 Å². The minimum absolute atomic E-state index is 0. The molecule has 5 aromatic rings. The van der Waals surface area contributed by atoms with E-state index in [4.69, 9.17) is 0 Å². The molecule has 5 aliphatic carbocycles. The Kier molecular flexibility index (Phi) is 49.9. The Labute approximate surface area is 603 Å². The van der Waals surface area contributed by atoms with Crippen molar-refractivity contribution in [3.63, 3.8) is 0 Å². The number of unbranched alkanes of at least 4 members (excludes halogenated alkanes) is 10. The number of benzene rings is 5. The molecule has 0 heterocycles. The summed E-state index contributed by atoms with van der Waals surface area (Å²) in [5, 5.41) is 0. The third-order valence-electron chi connectivity index (χ3n) is 19.9. The molecular formula is C85H125F5S5. The fourth-order valence-corrected chi connectivity index (χ4v) is 14.6. The van der Waals surface area contributed by atoms with Gasteiger partial charge in [-0.3, -0.25) is 23.5 Å². The zero-order valence-electron chi connectivity index (χ0n) is 58.8. The second kappa shape index (κ2) is 53.2. The summed E-state index contributed by atoms with van der Waals surface area (Å²) in [6, 6.07) is 42.9. The predicted molar refractivity (Wildman–Crippen MR) is 428 cm³/mol. The normalized spacial score (nSPS) is 18.6. The van der Waals surface area contributed by atoms with Crippen LogP contribution < -0.4 is 0 Å². The van der Waals surface area contributed by atoms with E-state index in [1.54, 1.807) is 0 Å². The molecule has 0 aliphatic heterocycles. The number of rotatable bonds is 25. The second-order valence-electron chi connectivity index (χ2n) is 27.1. The molecule has 0 radical (unpaired) electrons. The van der Waals surface area contributed by atoms with Crippen molar-refractivity contribution < 1.29 is 23.5 Å². The molecule has 5 atom stereocenters. The van der Waals surface area contributed by atoms with Crippen LogP contribution in [0.5, 0.6) is 0 Å². The van der Waals surface area contributed by atoms with Crippen molar-refractivity contribution in [1.82, 2.24) is 0 Å². The lowest BCUT2D eigenvalue weighted by Gasteiger charge is -2.22. The van der Waals surface area contributed by atoms with E-state index in [1.807, 2.05) is 0 Å². The lowest BCUT2D eigenvalue weighted by molar-refractivity contribution is 0.428. The van der Waals surface area contributed by atoms with E-state index in [0.717, 1.165) is 54.1 Å². The van der Waals surface area contributed by atoms with Gasteiger partial charge < -0.3 is 0 Å². The first kappa shape index (κ1) is 89.2. The molecule has 530 valence electrons. The van der Waals surface area contributed by atoms with Gasteiger partial charge in [-0.15, -0.1) is 63.1 Å². The van der Waals surface area contributed by atoms with Crippen LogP contribution in [-0.4, -0.2) is 0 Å². The highest BCUT2D eigenvalue weighted by atomic mass is 32.1. The Balaban J connectivity index is 0.000000586. The highest BCUT2D eigenvalue weighted by Gasteiger charge is 2.20. The van der Waals surface area contributed by atoms with Crippen LogP contribution >= 0.6 is 63.1 Å². The molecule has 10 heteroatoms. The smallest absolute Gasteiger partial charge is 0.00403 e. The third-order valence-corrected chi connectivity index (χ3v) is 21.4. The SMILES string of the molecule is CCCCCC1CC=C(c2ccc(S)cc2)CC1.CCCCCC1CC=C(c2ccc(S)cc2)CC1.CCCCCC1CC=C(c2ccc(S)cc2)CC1.CCCCCC1CC=C(c2ccc(S)cc2)CC1.CCCCCC1CC=C(c2ccc(S)cc2)CC1.F.F.F.F.F. The molecule has 10 rings (SSSR count). The van der Waals surface area contributed by atoms with Crippen LogP contribution in [0.4, 0.5) is 23.5 Å². The molecule has 0 spiro atoms. The zero-order chi connectivity index (χ0) is 64.0. The number of thiol groups is 5. The van der Waals surface area contributed by atoms with Crippen molar-refractivity contribution in [3.05, 3.63) is 180 Å². The van der Waals surface area contributed by atoms with Gasteiger partial charge in [0.05, 0.1) is 0 Å². The highest BCUT2D eigenvalue weighted by Crippen LogP contribution is 2.38. The fourth-order valence-electron chi connectivity index (χ4n) is 13.9. The third kappa shape index (κ3) is 35.2. The van der Waals surface area contributed by atoms with Gasteiger partial charge >= 0.3 is 0 Å². The Bertz CT molecular complexity index is 2430. The number of hydrogen-bond acceptors (Lipinski definition) is 5. The minimum Gasteiger partial charge on any atom is -0.269 e. The fraction of sp³-hybridized carbons (Fsp3) is 0.529. The van der Waals surface area contributed by atoms with E-state index in [-0.39, 0.29) is 23.5 Å². The van der Waals surface area contributed by atoms with E-state index >= 15 is 0 Å².